The van der Waals surface area contributed by atoms with Crippen LogP contribution in [0.4, 0.5) is 0 Å². The largest absolute Gasteiger partial charge is 0.395 e. The Balaban J connectivity index is 1.82. The van der Waals surface area contributed by atoms with Crippen LogP contribution in [0.5, 0.6) is 0 Å². The zero-order valence-corrected chi connectivity index (χ0v) is 12.6. The van der Waals surface area contributed by atoms with Crippen LogP contribution in [0.15, 0.2) is 30.5 Å². The van der Waals surface area contributed by atoms with Gasteiger partial charge in [0.2, 0.25) is 0 Å². The monoisotopic (exact) mass is 303 g/mol. The van der Waals surface area contributed by atoms with E-state index in [0.717, 1.165) is 5.56 Å². The van der Waals surface area contributed by atoms with E-state index >= 15 is 0 Å². The first-order chi connectivity index (χ1) is 10.7. The molecule has 1 amide bonds. The number of aliphatic hydroxyl groups is 1. The molecule has 0 radical (unpaired) electrons. The maximum Gasteiger partial charge on any atom is 0.273 e. The van der Waals surface area contributed by atoms with Gasteiger partial charge in [-0.05, 0) is 12.5 Å². The maximum atomic E-state index is 11.9. The van der Waals surface area contributed by atoms with E-state index in [-0.39, 0.29) is 12.5 Å². The van der Waals surface area contributed by atoms with E-state index < -0.39 is 0 Å². The number of hydrogen-bond donors (Lipinski definition) is 3. The summed E-state index contributed by atoms with van der Waals surface area (Å²) in [6.07, 6.45) is 1.64. The van der Waals surface area contributed by atoms with Crippen LogP contribution in [0.25, 0.3) is 0 Å². The highest BCUT2D eigenvalue weighted by Crippen LogP contribution is 2.05. The Kier molecular flexibility index (Phi) is 6.05. The Hall–Kier alpha value is -2.25. The summed E-state index contributed by atoms with van der Waals surface area (Å²) in [5, 5.41) is 22.2. The van der Waals surface area contributed by atoms with Crippen molar-refractivity contribution in [2.24, 2.45) is 0 Å². The van der Waals surface area contributed by atoms with Crippen molar-refractivity contribution < 1.29 is 9.90 Å². The van der Waals surface area contributed by atoms with E-state index in [1.807, 2.05) is 31.2 Å². The fourth-order valence-corrected chi connectivity index (χ4v) is 1.92. The van der Waals surface area contributed by atoms with Crippen LogP contribution in [-0.4, -0.2) is 52.2 Å². The first kappa shape index (κ1) is 16.1. The molecule has 118 valence electrons. The molecule has 7 heteroatoms. The molecular formula is C15H21N5O2. The summed E-state index contributed by atoms with van der Waals surface area (Å²) < 4.78 is 1.64. The molecule has 0 aliphatic rings. The molecule has 2 aromatic rings. The number of benzene rings is 1. The Labute approximate surface area is 129 Å². The lowest BCUT2D eigenvalue weighted by Crippen LogP contribution is -2.33. The van der Waals surface area contributed by atoms with E-state index in [9.17, 15) is 4.79 Å². The number of nitrogens with one attached hydrogen (secondary N) is 2. The minimum atomic E-state index is -0.249. The van der Waals surface area contributed by atoms with Gasteiger partial charge in [-0.1, -0.05) is 35.0 Å². The van der Waals surface area contributed by atoms with Gasteiger partial charge >= 0.3 is 0 Å². The Morgan fingerprint density at radius 2 is 2.00 bits per heavy atom. The Morgan fingerprint density at radius 1 is 1.23 bits per heavy atom. The number of aliphatic hydroxyl groups excluding tert-OH is 1. The lowest BCUT2D eigenvalue weighted by Gasteiger charge is -2.03. The summed E-state index contributed by atoms with van der Waals surface area (Å²) >= 11 is 0. The molecular weight excluding hydrogens is 282 g/mol. The molecule has 0 saturated heterocycles. The van der Waals surface area contributed by atoms with Crippen LogP contribution < -0.4 is 10.6 Å². The molecule has 3 N–H and O–H groups in total. The molecule has 0 unspecified atom stereocenters. The van der Waals surface area contributed by atoms with Crippen molar-refractivity contribution in [3.8, 4) is 0 Å². The predicted molar refractivity (Wildman–Crippen MR) is 82.6 cm³/mol. The van der Waals surface area contributed by atoms with Gasteiger partial charge in [0, 0.05) is 19.6 Å². The second-order valence-corrected chi connectivity index (χ2v) is 5.02. The SMILES string of the molecule is Cc1ccc(Cn2cc(C(=O)NCCNCCO)nn2)cc1. The van der Waals surface area contributed by atoms with Gasteiger partial charge in [-0.25, -0.2) is 4.68 Å². The lowest BCUT2D eigenvalue weighted by atomic mass is 10.1. The molecule has 22 heavy (non-hydrogen) atoms. The standard InChI is InChI=1S/C15H21N5O2/c1-12-2-4-13(5-3-12)10-20-11-14(18-19-20)15(22)17-7-6-16-8-9-21/h2-5,11,16,21H,6-10H2,1H3,(H,17,22). The highest BCUT2D eigenvalue weighted by atomic mass is 16.3. The van der Waals surface area contributed by atoms with E-state index in [4.69, 9.17) is 5.11 Å². The Bertz CT molecular complexity index is 594. The number of amides is 1. The average Bonchev–Trinajstić information content (AvgIpc) is 2.98. The second-order valence-electron chi connectivity index (χ2n) is 5.02. The Morgan fingerprint density at radius 3 is 2.73 bits per heavy atom. The molecule has 0 spiro atoms. The van der Waals surface area contributed by atoms with Gasteiger partial charge in [-0.15, -0.1) is 5.10 Å². The molecule has 2 rings (SSSR count). The third-order valence-electron chi connectivity index (χ3n) is 3.11. The normalized spacial score (nSPS) is 10.6. The summed E-state index contributed by atoms with van der Waals surface area (Å²) in [5.74, 6) is -0.249. The first-order valence-electron chi connectivity index (χ1n) is 7.24. The number of rotatable bonds is 8. The number of hydrogen-bond acceptors (Lipinski definition) is 5. The van der Waals surface area contributed by atoms with E-state index in [0.29, 0.717) is 31.9 Å². The molecule has 0 aliphatic carbocycles. The minimum absolute atomic E-state index is 0.0846. The van der Waals surface area contributed by atoms with Gasteiger partial charge in [0.1, 0.15) is 0 Å². The molecule has 0 atom stereocenters. The maximum absolute atomic E-state index is 11.9. The summed E-state index contributed by atoms with van der Waals surface area (Å²) in [4.78, 5) is 11.9. The summed E-state index contributed by atoms with van der Waals surface area (Å²) in [6.45, 7) is 4.30. The molecule has 0 fully saturated rings. The van der Waals surface area contributed by atoms with Crippen LogP contribution in [0.2, 0.25) is 0 Å². The third-order valence-corrected chi connectivity index (χ3v) is 3.11. The fraction of sp³-hybridized carbons (Fsp3) is 0.400. The van der Waals surface area contributed by atoms with Crippen molar-refractivity contribution in [3.05, 3.63) is 47.3 Å². The molecule has 0 bridgehead atoms. The molecule has 0 saturated carbocycles. The van der Waals surface area contributed by atoms with Crippen LogP contribution in [0, 0.1) is 6.92 Å². The van der Waals surface area contributed by atoms with Crippen LogP contribution in [-0.2, 0) is 6.54 Å². The quantitative estimate of drug-likeness (QED) is 0.595. The van der Waals surface area contributed by atoms with Gasteiger partial charge in [-0.3, -0.25) is 4.79 Å². The molecule has 7 nitrogen and oxygen atoms in total. The summed E-state index contributed by atoms with van der Waals surface area (Å²) in [5.41, 5.74) is 2.61. The third kappa shape index (κ3) is 4.94. The van der Waals surface area contributed by atoms with Crippen LogP contribution in [0.1, 0.15) is 21.6 Å². The van der Waals surface area contributed by atoms with Gasteiger partial charge in [0.05, 0.1) is 19.3 Å². The highest BCUT2D eigenvalue weighted by molar-refractivity contribution is 5.91. The van der Waals surface area contributed by atoms with Gasteiger partial charge in [0.15, 0.2) is 5.69 Å². The van der Waals surface area contributed by atoms with Gasteiger partial charge in [-0.2, -0.15) is 0 Å². The zero-order chi connectivity index (χ0) is 15.8. The van der Waals surface area contributed by atoms with Crippen molar-refractivity contribution in [2.45, 2.75) is 13.5 Å². The van der Waals surface area contributed by atoms with E-state index in [1.165, 1.54) is 5.56 Å². The number of carbonyl (C=O) groups excluding carboxylic acids is 1. The first-order valence-corrected chi connectivity index (χ1v) is 7.24. The topological polar surface area (TPSA) is 92.1 Å². The van der Waals surface area contributed by atoms with E-state index in [2.05, 4.69) is 20.9 Å². The van der Waals surface area contributed by atoms with Crippen LogP contribution in [0.3, 0.4) is 0 Å². The van der Waals surface area contributed by atoms with Gasteiger partial charge < -0.3 is 15.7 Å². The van der Waals surface area contributed by atoms with Crippen molar-refractivity contribution >= 4 is 5.91 Å². The van der Waals surface area contributed by atoms with Gasteiger partial charge in [0.25, 0.3) is 5.91 Å². The second kappa shape index (κ2) is 8.26. The summed E-state index contributed by atoms with van der Waals surface area (Å²) in [6, 6.07) is 8.14. The number of aryl methyl sites for hydroxylation is 1. The van der Waals surface area contributed by atoms with Crippen molar-refractivity contribution in [3.63, 3.8) is 0 Å². The van der Waals surface area contributed by atoms with Crippen molar-refractivity contribution in [1.29, 1.82) is 0 Å². The fourth-order valence-electron chi connectivity index (χ4n) is 1.92. The average molecular weight is 303 g/mol. The van der Waals surface area contributed by atoms with Crippen LogP contribution >= 0.6 is 0 Å². The zero-order valence-electron chi connectivity index (χ0n) is 12.6. The summed E-state index contributed by atoms with van der Waals surface area (Å²) in [7, 11) is 0. The molecule has 1 heterocycles. The number of nitrogens with zero attached hydrogens (tertiary/aromatic N) is 3. The highest BCUT2D eigenvalue weighted by Gasteiger charge is 2.10. The van der Waals surface area contributed by atoms with Crippen molar-refractivity contribution in [2.75, 3.05) is 26.2 Å². The molecule has 1 aromatic carbocycles. The lowest BCUT2D eigenvalue weighted by molar-refractivity contribution is 0.0949. The molecule has 0 aliphatic heterocycles. The van der Waals surface area contributed by atoms with E-state index in [1.54, 1.807) is 10.9 Å². The smallest absolute Gasteiger partial charge is 0.273 e. The van der Waals surface area contributed by atoms with Crippen molar-refractivity contribution in [1.82, 2.24) is 25.6 Å². The number of aromatic nitrogens is 3. The predicted octanol–water partition coefficient (Wildman–Crippen LogP) is -0.0535. The number of carbonyl (C=O) groups is 1. The molecule has 1 aromatic heterocycles. The minimum Gasteiger partial charge on any atom is -0.395 e.